The quantitative estimate of drug-likeness (QED) is 0.166. The molecule has 0 aliphatic rings. The second-order valence-corrected chi connectivity index (χ2v) is 8.33. The molecular formula is C27H20O11. The number of carbonyl (C=O) groups is 1. The number of hydrogen-bond donors (Lipinski definition) is 5. The SMILES string of the molecule is COC(=O)Cc1c(-c2ccc(O)c(OC)c2)oc2cc(O)c3c(=O)c(O)c(-c4ccc(O)c(O)c4)oc3c12. The van der Waals surface area contributed by atoms with E-state index in [4.69, 9.17) is 18.3 Å². The van der Waals surface area contributed by atoms with Crippen LogP contribution < -0.4 is 10.2 Å². The van der Waals surface area contributed by atoms with Crippen LogP contribution in [0.3, 0.4) is 0 Å². The summed E-state index contributed by atoms with van der Waals surface area (Å²) in [6.07, 6.45) is -0.332. The van der Waals surface area contributed by atoms with Crippen molar-refractivity contribution in [3.05, 3.63) is 58.3 Å². The number of hydrogen-bond acceptors (Lipinski definition) is 11. The van der Waals surface area contributed by atoms with Gasteiger partial charge in [-0.15, -0.1) is 0 Å². The molecule has 38 heavy (non-hydrogen) atoms. The summed E-state index contributed by atoms with van der Waals surface area (Å²) < 4.78 is 22.0. The Kier molecular flexibility index (Phi) is 5.75. The Morgan fingerprint density at radius 1 is 0.789 bits per heavy atom. The van der Waals surface area contributed by atoms with Crippen LogP contribution >= 0.6 is 0 Å². The number of benzene rings is 3. The highest BCUT2D eigenvalue weighted by Gasteiger charge is 2.27. The molecule has 0 fully saturated rings. The van der Waals surface area contributed by atoms with Crippen LogP contribution in [0, 0.1) is 0 Å². The van der Waals surface area contributed by atoms with Crippen LogP contribution in [0.5, 0.6) is 34.5 Å². The Balaban J connectivity index is 1.91. The maximum Gasteiger partial charge on any atom is 0.310 e. The van der Waals surface area contributed by atoms with Crippen LogP contribution in [-0.4, -0.2) is 45.7 Å². The lowest BCUT2D eigenvalue weighted by atomic mass is 10.00. The lowest BCUT2D eigenvalue weighted by Gasteiger charge is -2.10. The topological polar surface area (TPSA) is 180 Å². The Hall–Kier alpha value is -5.32. The number of furan rings is 1. The van der Waals surface area contributed by atoms with Gasteiger partial charge in [-0.25, -0.2) is 0 Å². The van der Waals surface area contributed by atoms with Crippen molar-refractivity contribution in [3.63, 3.8) is 0 Å². The van der Waals surface area contributed by atoms with Crippen molar-refractivity contribution in [1.29, 1.82) is 0 Å². The number of phenols is 4. The fourth-order valence-corrected chi connectivity index (χ4v) is 4.26. The molecule has 0 saturated heterocycles. The van der Waals surface area contributed by atoms with E-state index in [1.165, 1.54) is 38.5 Å². The summed E-state index contributed by atoms with van der Waals surface area (Å²) in [4.78, 5) is 25.6. The highest BCUT2D eigenvalue weighted by atomic mass is 16.5. The normalized spacial score (nSPS) is 11.2. The molecule has 0 spiro atoms. The van der Waals surface area contributed by atoms with Gasteiger partial charge in [-0.3, -0.25) is 9.59 Å². The Labute approximate surface area is 212 Å². The average molecular weight is 520 g/mol. The molecule has 11 heteroatoms. The van der Waals surface area contributed by atoms with Gasteiger partial charge in [0.05, 0.1) is 26.0 Å². The zero-order chi connectivity index (χ0) is 27.3. The molecular weight excluding hydrogens is 500 g/mol. The van der Waals surface area contributed by atoms with Gasteiger partial charge in [0.15, 0.2) is 34.3 Å². The first-order valence-corrected chi connectivity index (χ1v) is 11.1. The number of fused-ring (bicyclic) bond motifs is 3. The van der Waals surface area contributed by atoms with Crippen molar-refractivity contribution in [1.82, 2.24) is 0 Å². The first-order valence-electron chi connectivity index (χ1n) is 11.1. The van der Waals surface area contributed by atoms with Crippen molar-refractivity contribution < 1.29 is 48.6 Å². The third kappa shape index (κ3) is 3.77. The van der Waals surface area contributed by atoms with E-state index >= 15 is 0 Å². The number of esters is 1. The molecule has 0 atom stereocenters. The van der Waals surface area contributed by atoms with E-state index in [2.05, 4.69) is 0 Å². The van der Waals surface area contributed by atoms with Gasteiger partial charge >= 0.3 is 5.97 Å². The molecule has 11 nitrogen and oxygen atoms in total. The van der Waals surface area contributed by atoms with Crippen LogP contribution in [0.25, 0.3) is 44.6 Å². The predicted molar refractivity (Wildman–Crippen MR) is 134 cm³/mol. The summed E-state index contributed by atoms with van der Waals surface area (Å²) in [5.74, 6) is -3.21. The largest absolute Gasteiger partial charge is 0.507 e. The molecule has 0 saturated carbocycles. The van der Waals surface area contributed by atoms with E-state index in [1.54, 1.807) is 0 Å². The molecule has 0 aliphatic heterocycles. The lowest BCUT2D eigenvalue weighted by molar-refractivity contribution is -0.139. The first kappa shape index (κ1) is 24.4. The van der Waals surface area contributed by atoms with Crippen molar-refractivity contribution in [2.24, 2.45) is 0 Å². The van der Waals surface area contributed by atoms with Gasteiger partial charge in [-0.1, -0.05) is 0 Å². The second kappa shape index (κ2) is 8.96. The van der Waals surface area contributed by atoms with Crippen LogP contribution in [0.2, 0.25) is 0 Å². The van der Waals surface area contributed by atoms with Gasteiger partial charge in [0.2, 0.25) is 11.2 Å². The molecule has 5 N–H and O–H groups in total. The fraction of sp³-hybridized carbons (Fsp3) is 0.111. The summed E-state index contributed by atoms with van der Waals surface area (Å²) in [6, 6.07) is 9.04. The van der Waals surface area contributed by atoms with Crippen LogP contribution in [0.1, 0.15) is 5.56 Å². The minimum atomic E-state index is -0.980. The molecule has 0 bridgehead atoms. The molecule has 2 aromatic heterocycles. The predicted octanol–water partition coefficient (Wildman–Crippen LogP) is 4.13. The van der Waals surface area contributed by atoms with Gasteiger partial charge in [0.25, 0.3) is 0 Å². The number of aromatic hydroxyl groups is 5. The number of rotatable bonds is 5. The maximum absolute atomic E-state index is 13.2. The third-order valence-electron chi connectivity index (χ3n) is 6.10. The van der Waals surface area contributed by atoms with Gasteiger partial charge < -0.3 is 43.8 Å². The average Bonchev–Trinajstić information content (AvgIpc) is 3.25. The fourth-order valence-electron chi connectivity index (χ4n) is 4.26. The van der Waals surface area contributed by atoms with E-state index < -0.39 is 34.4 Å². The first-order chi connectivity index (χ1) is 18.1. The van der Waals surface area contributed by atoms with Crippen molar-refractivity contribution in [2.75, 3.05) is 14.2 Å². The summed E-state index contributed by atoms with van der Waals surface area (Å²) in [5.41, 5.74) is -0.458. The summed E-state index contributed by atoms with van der Waals surface area (Å²) >= 11 is 0. The number of carbonyl (C=O) groups excluding carboxylic acids is 1. The highest BCUT2D eigenvalue weighted by molar-refractivity contribution is 6.10. The zero-order valence-electron chi connectivity index (χ0n) is 19.9. The van der Waals surface area contributed by atoms with Gasteiger partial charge in [0.1, 0.15) is 22.5 Å². The Bertz CT molecular complexity index is 1810. The van der Waals surface area contributed by atoms with Gasteiger partial charge in [-0.2, -0.15) is 0 Å². The number of phenolic OH excluding ortho intramolecular Hbond substituents is 4. The highest BCUT2D eigenvalue weighted by Crippen LogP contribution is 2.44. The van der Waals surface area contributed by atoms with Crippen LogP contribution in [0.4, 0.5) is 0 Å². The number of ether oxygens (including phenoxy) is 2. The summed E-state index contributed by atoms with van der Waals surface area (Å²) in [7, 11) is 2.56. The summed E-state index contributed by atoms with van der Waals surface area (Å²) in [5, 5.41) is 50.7. The smallest absolute Gasteiger partial charge is 0.310 e. The lowest BCUT2D eigenvalue weighted by Crippen LogP contribution is -2.06. The standard InChI is InChI=1S/C27H20O11/c1-35-18-8-12(4-6-15(18)29)25-13(9-20(32)36-2)21-19(37-25)10-17(31)22-23(33)24(34)26(38-27(21)22)11-3-5-14(28)16(30)7-11/h3-8,10,28-31,34H,9H2,1-2H3. The molecule has 0 radical (unpaired) electrons. The van der Waals surface area contributed by atoms with Gasteiger partial charge in [0, 0.05) is 22.8 Å². The Morgan fingerprint density at radius 3 is 2.13 bits per heavy atom. The van der Waals surface area contributed by atoms with E-state index in [1.807, 2.05) is 0 Å². The molecule has 5 rings (SSSR count). The minimum Gasteiger partial charge on any atom is -0.507 e. The van der Waals surface area contributed by atoms with Crippen molar-refractivity contribution in [3.8, 4) is 57.1 Å². The van der Waals surface area contributed by atoms with Gasteiger partial charge in [-0.05, 0) is 36.4 Å². The number of methoxy groups -OCH3 is 2. The molecule has 3 aromatic carbocycles. The monoisotopic (exact) mass is 520 g/mol. The molecule has 0 amide bonds. The minimum absolute atomic E-state index is 0.0456. The van der Waals surface area contributed by atoms with E-state index in [0.29, 0.717) is 5.56 Å². The molecule has 194 valence electrons. The van der Waals surface area contributed by atoms with Crippen molar-refractivity contribution in [2.45, 2.75) is 6.42 Å². The molecule has 2 heterocycles. The summed E-state index contributed by atoms with van der Waals surface area (Å²) in [6.45, 7) is 0. The molecule has 0 unspecified atom stereocenters. The van der Waals surface area contributed by atoms with Crippen LogP contribution in [0.15, 0.2) is 56.1 Å². The molecule has 0 aliphatic carbocycles. The maximum atomic E-state index is 13.2. The Morgan fingerprint density at radius 2 is 1.47 bits per heavy atom. The van der Waals surface area contributed by atoms with E-state index in [0.717, 1.165) is 18.2 Å². The van der Waals surface area contributed by atoms with E-state index in [-0.39, 0.29) is 62.5 Å². The zero-order valence-corrected chi connectivity index (χ0v) is 19.9. The second-order valence-electron chi connectivity index (χ2n) is 8.33. The molecule has 5 aromatic rings. The van der Waals surface area contributed by atoms with E-state index in [9.17, 15) is 35.1 Å². The third-order valence-corrected chi connectivity index (χ3v) is 6.10. The van der Waals surface area contributed by atoms with Crippen molar-refractivity contribution >= 4 is 27.9 Å². The van der Waals surface area contributed by atoms with Crippen LogP contribution in [-0.2, 0) is 16.0 Å².